The van der Waals surface area contributed by atoms with Crippen LogP contribution >= 0.6 is 0 Å². The number of carbonyl (C=O) groups excluding carboxylic acids is 1. The molecule has 0 radical (unpaired) electrons. The number of aryl methyl sites for hydroxylation is 1. The minimum Gasteiger partial charge on any atom is -0.760 e. The van der Waals surface area contributed by atoms with E-state index >= 15 is 0 Å². The Labute approximate surface area is 116 Å². The van der Waals surface area contributed by atoms with Crippen LogP contribution in [-0.4, -0.2) is 14.7 Å². The molecular weight excluding hydrogens is 264 g/mol. The van der Waals surface area contributed by atoms with E-state index in [-0.39, 0.29) is 5.91 Å². The number of nitrogens with two attached hydrogens (primary N) is 1. The van der Waals surface area contributed by atoms with Crippen molar-refractivity contribution in [1.29, 1.82) is 0 Å². The fourth-order valence-corrected chi connectivity index (χ4v) is 1.41. The molecule has 0 spiro atoms. The smallest absolute Gasteiger partial charge is 0.247 e. The van der Waals surface area contributed by atoms with Gasteiger partial charge >= 0.3 is 0 Å². The molecular formula is C13H19N2O3S-. The van der Waals surface area contributed by atoms with Crippen molar-refractivity contribution in [3.05, 3.63) is 42.5 Å². The number of nitrogens with one attached hydrogen (secondary N) is 1. The first-order valence-corrected chi connectivity index (χ1v) is 7.00. The van der Waals surface area contributed by atoms with Crippen molar-refractivity contribution >= 4 is 22.9 Å². The van der Waals surface area contributed by atoms with E-state index < -0.39 is 11.3 Å². The van der Waals surface area contributed by atoms with Gasteiger partial charge in [0, 0.05) is 17.0 Å². The Morgan fingerprint density at radius 3 is 2.63 bits per heavy atom. The quantitative estimate of drug-likeness (QED) is 0.638. The van der Waals surface area contributed by atoms with Gasteiger partial charge in [-0.3, -0.25) is 14.1 Å². The molecule has 106 valence electrons. The first-order valence-electron chi connectivity index (χ1n) is 5.86. The third-order valence-electron chi connectivity index (χ3n) is 2.26. The molecule has 0 heterocycles. The highest BCUT2D eigenvalue weighted by molar-refractivity contribution is 7.76. The number of carbonyl (C=O) groups is 1. The lowest BCUT2D eigenvalue weighted by atomic mass is 10.1. The van der Waals surface area contributed by atoms with Crippen molar-refractivity contribution in [2.75, 3.05) is 5.32 Å². The summed E-state index contributed by atoms with van der Waals surface area (Å²) in [5.74, 6) is -0.154. The van der Waals surface area contributed by atoms with E-state index in [0.717, 1.165) is 24.9 Å². The molecule has 1 amide bonds. The van der Waals surface area contributed by atoms with Gasteiger partial charge in [0.05, 0.1) is 0 Å². The van der Waals surface area contributed by atoms with Crippen molar-refractivity contribution in [3.63, 3.8) is 0 Å². The Bertz CT molecular complexity index is 432. The number of benzene rings is 1. The minimum atomic E-state index is -2.36. The maximum absolute atomic E-state index is 11.2. The lowest BCUT2D eigenvalue weighted by molar-refractivity contribution is -0.111. The maximum atomic E-state index is 11.2. The second kappa shape index (κ2) is 10.4. The number of amides is 1. The molecule has 1 unspecified atom stereocenters. The molecule has 0 aliphatic heterocycles. The second-order valence-electron chi connectivity index (χ2n) is 3.71. The normalized spacial score (nSPS) is 10.9. The molecule has 0 aliphatic rings. The number of hydrogen-bond acceptors (Lipinski definition) is 3. The zero-order valence-electron chi connectivity index (χ0n) is 10.9. The first kappa shape index (κ1) is 17.5. The van der Waals surface area contributed by atoms with E-state index in [2.05, 4.69) is 24.0 Å². The molecule has 19 heavy (non-hydrogen) atoms. The SMILES string of the molecule is C=CC(=O)Nc1ccccc1CCCC.NS(=O)[O-]. The van der Waals surface area contributed by atoms with Gasteiger partial charge in [-0.25, -0.2) is 0 Å². The van der Waals surface area contributed by atoms with Gasteiger partial charge in [-0.2, -0.15) is 0 Å². The number of rotatable bonds is 5. The fourth-order valence-electron chi connectivity index (χ4n) is 1.41. The van der Waals surface area contributed by atoms with E-state index in [1.165, 1.54) is 11.6 Å². The fraction of sp³-hybridized carbons (Fsp3) is 0.308. The average Bonchev–Trinajstić information content (AvgIpc) is 2.37. The van der Waals surface area contributed by atoms with Crippen molar-refractivity contribution < 1.29 is 13.6 Å². The van der Waals surface area contributed by atoms with Crippen LogP contribution in [0.2, 0.25) is 0 Å². The summed E-state index contributed by atoms with van der Waals surface area (Å²) in [6, 6.07) is 7.89. The third kappa shape index (κ3) is 9.12. The second-order valence-corrected chi connectivity index (χ2v) is 4.24. The number of hydrogen-bond donors (Lipinski definition) is 2. The van der Waals surface area contributed by atoms with E-state index in [4.69, 9.17) is 8.76 Å². The maximum Gasteiger partial charge on any atom is 0.247 e. The molecule has 0 saturated carbocycles. The van der Waals surface area contributed by atoms with E-state index in [1.54, 1.807) is 0 Å². The standard InChI is InChI=1S/C13H17NO.H3NO2S/c1-3-5-8-11-9-6-7-10-12(11)14-13(15)4-2;1-4(2)3/h4,6-7,9-10H,2-3,5,8H2,1H3,(H,14,15);1H2,(H,2,3)/p-1. The molecule has 6 heteroatoms. The molecule has 0 aliphatic carbocycles. The molecule has 1 aromatic carbocycles. The van der Waals surface area contributed by atoms with Gasteiger partial charge in [-0.05, 0) is 30.5 Å². The van der Waals surface area contributed by atoms with Crippen LogP contribution in [0, 0.1) is 0 Å². The Kier molecular flexibility index (Phi) is 9.60. The summed E-state index contributed by atoms with van der Waals surface area (Å²) in [4.78, 5) is 11.2. The van der Waals surface area contributed by atoms with Gasteiger partial charge in [0.25, 0.3) is 0 Å². The van der Waals surface area contributed by atoms with Gasteiger partial charge in [0.15, 0.2) is 0 Å². The topological polar surface area (TPSA) is 95.2 Å². The van der Waals surface area contributed by atoms with Crippen LogP contribution in [0.25, 0.3) is 0 Å². The van der Waals surface area contributed by atoms with E-state index in [0.29, 0.717) is 0 Å². The molecule has 1 atom stereocenters. The predicted octanol–water partition coefficient (Wildman–Crippen LogP) is 1.89. The molecule has 5 nitrogen and oxygen atoms in total. The summed E-state index contributed by atoms with van der Waals surface area (Å²) < 4.78 is 17.6. The molecule has 1 aromatic rings. The summed E-state index contributed by atoms with van der Waals surface area (Å²) in [6.07, 6.45) is 4.59. The number of unbranched alkanes of at least 4 members (excludes halogenated alkanes) is 1. The predicted molar refractivity (Wildman–Crippen MR) is 77.0 cm³/mol. The van der Waals surface area contributed by atoms with Gasteiger partial charge in [0.1, 0.15) is 0 Å². The van der Waals surface area contributed by atoms with Crippen LogP contribution in [0.4, 0.5) is 5.69 Å². The zero-order valence-corrected chi connectivity index (χ0v) is 11.7. The monoisotopic (exact) mass is 283 g/mol. The molecule has 0 saturated heterocycles. The lowest BCUT2D eigenvalue weighted by Crippen LogP contribution is -2.09. The summed E-state index contributed by atoms with van der Waals surface area (Å²) in [7, 11) is 0. The average molecular weight is 283 g/mol. The van der Waals surface area contributed by atoms with Gasteiger partial charge in [-0.1, -0.05) is 38.1 Å². The van der Waals surface area contributed by atoms with Crippen LogP contribution in [0.5, 0.6) is 0 Å². The highest BCUT2D eigenvalue weighted by atomic mass is 32.2. The molecule has 0 aromatic heterocycles. The van der Waals surface area contributed by atoms with Crippen LogP contribution in [0.3, 0.4) is 0 Å². The Morgan fingerprint density at radius 2 is 2.11 bits per heavy atom. The number of para-hydroxylation sites is 1. The molecule has 3 N–H and O–H groups in total. The number of anilines is 1. The van der Waals surface area contributed by atoms with E-state index in [1.807, 2.05) is 24.3 Å². The molecule has 1 rings (SSSR count). The third-order valence-corrected chi connectivity index (χ3v) is 2.26. The van der Waals surface area contributed by atoms with E-state index in [9.17, 15) is 4.79 Å². The highest BCUT2D eigenvalue weighted by Gasteiger charge is 2.02. The first-order chi connectivity index (χ1) is 9.01. The van der Waals surface area contributed by atoms with Crippen LogP contribution in [0.15, 0.2) is 36.9 Å². The van der Waals surface area contributed by atoms with Crippen LogP contribution in [-0.2, 0) is 22.5 Å². The highest BCUT2D eigenvalue weighted by Crippen LogP contribution is 2.17. The summed E-state index contributed by atoms with van der Waals surface area (Å²) >= 11 is -2.36. The van der Waals surface area contributed by atoms with Crippen molar-refractivity contribution in [2.24, 2.45) is 5.14 Å². The van der Waals surface area contributed by atoms with Crippen LogP contribution < -0.4 is 10.5 Å². The van der Waals surface area contributed by atoms with Crippen molar-refractivity contribution in [2.45, 2.75) is 26.2 Å². The van der Waals surface area contributed by atoms with Crippen LogP contribution in [0.1, 0.15) is 25.3 Å². The summed E-state index contributed by atoms with van der Waals surface area (Å²) in [5, 5.41) is 6.84. The van der Waals surface area contributed by atoms with Gasteiger partial charge in [0.2, 0.25) is 5.91 Å². The van der Waals surface area contributed by atoms with Crippen molar-refractivity contribution in [3.8, 4) is 0 Å². The summed E-state index contributed by atoms with van der Waals surface area (Å²) in [6.45, 7) is 5.59. The Morgan fingerprint density at radius 1 is 1.53 bits per heavy atom. The van der Waals surface area contributed by atoms with Crippen molar-refractivity contribution in [1.82, 2.24) is 0 Å². The molecule has 0 bridgehead atoms. The van der Waals surface area contributed by atoms with Gasteiger partial charge < -0.3 is 9.87 Å². The minimum absolute atomic E-state index is 0.154. The largest absolute Gasteiger partial charge is 0.760 e. The Balaban J connectivity index is 0.000000711. The Hall–Kier alpha value is -1.50. The zero-order chi connectivity index (χ0) is 14.7. The summed E-state index contributed by atoms with van der Waals surface area (Å²) in [5.41, 5.74) is 2.09. The lowest BCUT2D eigenvalue weighted by Gasteiger charge is -2.08. The van der Waals surface area contributed by atoms with Gasteiger partial charge in [-0.15, -0.1) is 0 Å². The molecule has 0 fully saturated rings.